The molecule has 2 N–H and O–H groups in total. The summed E-state index contributed by atoms with van der Waals surface area (Å²) in [5.41, 5.74) is 5.13. The lowest BCUT2D eigenvalue weighted by atomic mass is 10.1. The molecule has 0 saturated heterocycles. The molecule has 0 amide bonds. The summed E-state index contributed by atoms with van der Waals surface area (Å²) in [4.78, 5) is 4.03. The van der Waals surface area contributed by atoms with Crippen molar-refractivity contribution in [2.45, 2.75) is 26.3 Å². The molecule has 0 aliphatic rings. The molecule has 0 radical (unpaired) electrons. The summed E-state index contributed by atoms with van der Waals surface area (Å²) in [5, 5.41) is 0. The van der Waals surface area contributed by atoms with Crippen molar-refractivity contribution in [1.29, 1.82) is 0 Å². The zero-order valence-corrected chi connectivity index (χ0v) is 9.31. The molecule has 0 spiro atoms. The Morgan fingerprint density at radius 2 is 1.56 bits per heavy atom. The summed E-state index contributed by atoms with van der Waals surface area (Å²) in [6, 6.07) is 1.64. The van der Waals surface area contributed by atoms with E-state index >= 15 is 0 Å². The van der Waals surface area contributed by atoms with Gasteiger partial charge in [-0.25, -0.2) is 13.2 Å². The third-order valence-corrected chi connectivity index (χ3v) is 1.74. The fourth-order valence-electron chi connectivity index (χ4n) is 1.13. The molecular formula is C11H13F3N2. The Bertz CT molecular complexity index is 410. The van der Waals surface area contributed by atoms with Gasteiger partial charge in [0, 0.05) is 5.56 Å². The lowest BCUT2D eigenvalue weighted by Gasteiger charge is -2.13. The van der Waals surface area contributed by atoms with Gasteiger partial charge in [-0.3, -0.25) is 4.99 Å². The highest BCUT2D eigenvalue weighted by atomic mass is 19.2. The summed E-state index contributed by atoms with van der Waals surface area (Å²) in [6.45, 7) is 5.36. The fourth-order valence-corrected chi connectivity index (χ4v) is 1.13. The van der Waals surface area contributed by atoms with Crippen molar-refractivity contribution in [3.63, 3.8) is 0 Å². The number of amidine groups is 1. The van der Waals surface area contributed by atoms with Crippen LogP contribution in [0.25, 0.3) is 0 Å². The molecule has 0 heterocycles. The van der Waals surface area contributed by atoms with Gasteiger partial charge in [0.05, 0.1) is 5.54 Å². The van der Waals surface area contributed by atoms with E-state index in [1.165, 1.54) is 0 Å². The van der Waals surface area contributed by atoms with Crippen LogP contribution in [-0.4, -0.2) is 11.4 Å². The molecular weight excluding hydrogens is 217 g/mol. The molecule has 1 rings (SSSR count). The maximum Gasteiger partial charge on any atom is 0.194 e. The largest absolute Gasteiger partial charge is 0.383 e. The van der Waals surface area contributed by atoms with Crippen molar-refractivity contribution < 1.29 is 13.2 Å². The van der Waals surface area contributed by atoms with E-state index in [1.54, 1.807) is 20.8 Å². The summed E-state index contributed by atoms with van der Waals surface area (Å²) in [7, 11) is 0. The van der Waals surface area contributed by atoms with Crippen LogP contribution in [0.15, 0.2) is 17.1 Å². The van der Waals surface area contributed by atoms with E-state index in [0.717, 1.165) is 12.1 Å². The van der Waals surface area contributed by atoms with Crippen LogP contribution in [0.4, 0.5) is 13.2 Å². The molecule has 16 heavy (non-hydrogen) atoms. The SMILES string of the molecule is CC(C)(C)N=C(N)c1cc(F)c(F)c(F)c1. The number of benzene rings is 1. The smallest absolute Gasteiger partial charge is 0.194 e. The Morgan fingerprint density at radius 1 is 1.12 bits per heavy atom. The number of nitrogens with zero attached hydrogens (tertiary/aromatic N) is 1. The van der Waals surface area contributed by atoms with Crippen LogP contribution < -0.4 is 5.73 Å². The van der Waals surface area contributed by atoms with Crippen LogP contribution in [0, 0.1) is 17.5 Å². The Kier molecular flexibility index (Phi) is 3.26. The summed E-state index contributed by atoms with van der Waals surface area (Å²) in [6.07, 6.45) is 0. The van der Waals surface area contributed by atoms with Gasteiger partial charge in [-0.1, -0.05) is 0 Å². The van der Waals surface area contributed by atoms with E-state index in [0.29, 0.717) is 0 Å². The molecule has 2 nitrogen and oxygen atoms in total. The van der Waals surface area contributed by atoms with Crippen LogP contribution >= 0.6 is 0 Å². The van der Waals surface area contributed by atoms with E-state index in [9.17, 15) is 13.2 Å². The molecule has 1 aromatic rings. The molecule has 88 valence electrons. The normalized spacial score (nSPS) is 13.0. The predicted octanol–water partition coefficient (Wildman–Crippen LogP) is 2.61. The molecule has 0 unspecified atom stereocenters. The molecule has 0 atom stereocenters. The first-order valence-corrected chi connectivity index (χ1v) is 4.71. The summed E-state index contributed by atoms with van der Waals surface area (Å²) in [5.74, 6) is -4.08. The molecule has 0 bridgehead atoms. The minimum absolute atomic E-state index is 0.0229. The zero-order chi connectivity index (χ0) is 12.5. The van der Waals surface area contributed by atoms with E-state index < -0.39 is 23.0 Å². The second-order valence-corrected chi connectivity index (χ2v) is 4.42. The minimum Gasteiger partial charge on any atom is -0.383 e. The number of rotatable bonds is 1. The number of hydrogen-bond donors (Lipinski definition) is 1. The second kappa shape index (κ2) is 4.15. The Morgan fingerprint density at radius 3 is 1.94 bits per heavy atom. The number of nitrogens with two attached hydrogens (primary N) is 1. The number of hydrogen-bond acceptors (Lipinski definition) is 1. The fraction of sp³-hybridized carbons (Fsp3) is 0.364. The highest BCUT2D eigenvalue weighted by Crippen LogP contribution is 2.15. The van der Waals surface area contributed by atoms with Gasteiger partial charge in [-0.05, 0) is 32.9 Å². The van der Waals surface area contributed by atoms with Crippen LogP contribution in [-0.2, 0) is 0 Å². The molecule has 1 aromatic carbocycles. The van der Waals surface area contributed by atoms with E-state index in [2.05, 4.69) is 4.99 Å². The number of halogens is 3. The van der Waals surface area contributed by atoms with Gasteiger partial charge >= 0.3 is 0 Å². The van der Waals surface area contributed by atoms with E-state index in [4.69, 9.17) is 5.73 Å². The van der Waals surface area contributed by atoms with Crippen molar-refractivity contribution in [2.24, 2.45) is 10.7 Å². The van der Waals surface area contributed by atoms with Crippen LogP contribution in [0.1, 0.15) is 26.3 Å². The molecule has 0 saturated carbocycles. The molecule has 0 aromatic heterocycles. The average molecular weight is 230 g/mol. The van der Waals surface area contributed by atoms with Crippen molar-refractivity contribution >= 4 is 5.84 Å². The second-order valence-electron chi connectivity index (χ2n) is 4.42. The first-order valence-electron chi connectivity index (χ1n) is 4.71. The van der Waals surface area contributed by atoms with Crippen molar-refractivity contribution in [2.75, 3.05) is 0 Å². The van der Waals surface area contributed by atoms with Gasteiger partial charge in [-0.15, -0.1) is 0 Å². The zero-order valence-electron chi connectivity index (χ0n) is 9.31. The highest BCUT2D eigenvalue weighted by Gasteiger charge is 2.14. The quantitative estimate of drug-likeness (QED) is 0.449. The van der Waals surface area contributed by atoms with E-state index in [1.807, 2.05) is 0 Å². The Hall–Kier alpha value is -1.52. The third kappa shape index (κ3) is 2.98. The van der Waals surface area contributed by atoms with Gasteiger partial charge in [0.1, 0.15) is 5.84 Å². The summed E-state index contributed by atoms with van der Waals surface area (Å²) < 4.78 is 38.5. The van der Waals surface area contributed by atoms with Crippen LogP contribution in [0.2, 0.25) is 0 Å². The Balaban J connectivity index is 3.21. The maximum atomic E-state index is 12.9. The van der Waals surface area contributed by atoms with Gasteiger partial charge in [0.25, 0.3) is 0 Å². The molecule has 5 heteroatoms. The minimum atomic E-state index is -1.51. The van der Waals surface area contributed by atoms with Gasteiger partial charge < -0.3 is 5.73 Å². The van der Waals surface area contributed by atoms with Crippen LogP contribution in [0.3, 0.4) is 0 Å². The summed E-state index contributed by atoms with van der Waals surface area (Å²) >= 11 is 0. The van der Waals surface area contributed by atoms with Crippen molar-refractivity contribution in [1.82, 2.24) is 0 Å². The molecule has 0 aliphatic heterocycles. The average Bonchev–Trinajstić information content (AvgIpc) is 2.10. The molecule has 0 aliphatic carbocycles. The maximum absolute atomic E-state index is 12.9. The standard InChI is InChI=1S/C11H13F3N2/c1-11(2,3)16-10(15)6-4-7(12)9(14)8(13)5-6/h4-5H,1-3H3,(H2,15,16). The third-order valence-electron chi connectivity index (χ3n) is 1.74. The van der Waals surface area contributed by atoms with E-state index in [-0.39, 0.29) is 11.4 Å². The first-order chi connectivity index (χ1) is 7.20. The van der Waals surface area contributed by atoms with Crippen molar-refractivity contribution in [3.05, 3.63) is 35.1 Å². The topological polar surface area (TPSA) is 38.4 Å². The number of aliphatic imine (C=N–C) groups is 1. The lowest BCUT2D eigenvalue weighted by molar-refractivity contribution is 0.446. The molecule has 0 fully saturated rings. The highest BCUT2D eigenvalue weighted by molar-refractivity contribution is 5.97. The Labute approximate surface area is 92.0 Å². The first kappa shape index (κ1) is 12.5. The van der Waals surface area contributed by atoms with Crippen molar-refractivity contribution in [3.8, 4) is 0 Å². The van der Waals surface area contributed by atoms with Gasteiger partial charge in [0.15, 0.2) is 17.5 Å². The monoisotopic (exact) mass is 230 g/mol. The van der Waals surface area contributed by atoms with Crippen LogP contribution in [0.5, 0.6) is 0 Å². The van der Waals surface area contributed by atoms with Gasteiger partial charge in [-0.2, -0.15) is 0 Å². The predicted molar refractivity (Wildman–Crippen MR) is 56.8 cm³/mol. The van der Waals surface area contributed by atoms with Gasteiger partial charge in [0.2, 0.25) is 0 Å². The lowest BCUT2D eigenvalue weighted by Crippen LogP contribution is -2.21.